The van der Waals surface area contributed by atoms with Crippen LogP contribution in [0.2, 0.25) is 0 Å². The van der Waals surface area contributed by atoms with Gasteiger partial charge in [0.2, 0.25) is 0 Å². The van der Waals surface area contributed by atoms with Crippen molar-refractivity contribution in [1.82, 2.24) is 4.57 Å². The molecule has 1 nitrogen and oxygen atoms in total. The number of benzene rings is 1. The summed E-state index contributed by atoms with van der Waals surface area (Å²) in [6.07, 6.45) is 2.54. The number of hydrogen-bond donors (Lipinski definition) is 0. The summed E-state index contributed by atoms with van der Waals surface area (Å²) in [5.41, 5.74) is 5.83. The summed E-state index contributed by atoms with van der Waals surface area (Å²) in [5.74, 6) is 0. The Morgan fingerprint density at radius 2 is 2.00 bits per heavy atom. The van der Waals surface area contributed by atoms with Crippen LogP contribution in [0.5, 0.6) is 0 Å². The van der Waals surface area contributed by atoms with E-state index in [1.165, 1.54) is 41.5 Å². The van der Waals surface area contributed by atoms with Crippen LogP contribution in [0.15, 0.2) is 18.2 Å². The first kappa shape index (κ1) is 8.10. The molecule has 0 fully saturated rings. The maximum Gasteiger partial charge on any atom is 0.0515 e. The quantitative estimate of drug-likeness (QED) is 0.594. The first-order valence-electron chi connectivity index (χ1n) is 5.35. The number of rotatable bonds is 0. The van der Waals surface area contributed by atoms with Gasteiger partial charge in [-0.3, -0.25) is 0 Å². The summed E-state index contributed by atoms with van der Waals surface area (Å²) >= 11 is 0. The molecule has 0 amide bonds. The molecule has 0 saturated carbocycles. The molecule has 1 heteroatoms. The highest BCUT2D eigenvalue weighted by molar-refractivity contribution is 5.85. The molecule has 72 valence electrons. The van der Waals surface area contributed by atoms with Crippen molar-refractivity contribution in [2.24, 2.45) is 0 Å². The lowest BCUT2D eigenvalue weighted by molar-refractivity contribution is 0.623. The van der Waals surface area contributed by atoms with Gasteiger partial charge in [0, 0.05) is 17.6 Å². The highest BCUT2D eigenvalue weighted by Gasteiger charge is 2.14. The number of nitrogens with zero attached hydrogens (tertiary/aromatic N) is 1. The van der Waals surface area contributed by atoms with E-state index >= 15 is 0 Å². The second-order valence-electron chi connectivity index (χ2n) is 4.40. The standard InChI is InChI=1S/C13H15N/c1-9-6-11-4-3-5-14-10(2)8-12(7-9)13(11)14/h6-8H,3-5H2,1-2H3. The highest BCUT2D eigenvalue weighted by atomic mass is 15.0. The summed E-state index contributed by atoms with van der Waals surface area (Å²) in [4.78, 5) is 0. The predicted molar refractivity (Wildman–Crippen MR) is 59.7 cm³/mol. The molecule has 0 N–H and O–H groups in total. The van der Waals surface area contributed by atoms with E-state index in [-0.39, 0.29) is 0 Å². The fourth-order valence-electron chi connectivity index (χ4n) is 2.71. The normalized spacial score (nSPS) is 15.0. The number of aryl methyl sites for hydroxylation is 4. The third kappa shape index (κ3) is 0.955. The lowest BCUT2D eigenvalue weighted by atomic mass is 10.0. The van der Waals surface area contributed by atoms with Crippen molar-refractivity contribution in [3.63, 3.8) is 0 Å². The Kier molecular flexibility index (Phi) is 1.52. The van der Waals surface area contributed by atoms with Gasteiger partial charge in [-0.1, -0.05) is 11.6 Å². The van der Waals surface area contributed by atoms with Gasteiger partial charge in [-0.15, -0.1) is 0 Å². The zero-order valence-electron chi connectivity index (χ0n) is 8.80. The third-order valence-corrected chi connectivity index (χ3v) is 3.25. The van der Waals surface area contributed by atoms with Crippen molar-refractivity contribution in [3.8, 4) is 0 Å². The van der Waals surface area contributed by atoms with E-state index < -0.39 is 0 Å². The van der Waals surface area contributed by atoms with Gasteiger partial charge in [0.15, 0.2) is 0 Å². The molecule has 3 rings (SSSR count). The third-order valence-electron chi connectivity index (χ3n) is 3.25. The molecule has 0 unspecified atom stereocenters. The minimum atomic E-state index is 1.20. The van der Waals surface area contributed by atoms with Gasteiger partial charge in [-0.2, -0.15) is 0 Å². The summed E-state index contributed by atoms with van der Waals surface area (Å²) in [5, 5.41) is 1.43. The summed E-state index contributed by atoms with van der Waals surface area (Å²) < 4.78 is 2.47. The van der Waals surface area contributed by atoms with Crippen LogP contribution in [0.3, 0.4) is 0 Å². The molecule has 0 saturated heterocycles. The molecule has 0 spiro atoms. The van der Waals surface area contributed by atoms with Crippen LogP contribution in [0.4, 0.5) is 0 Å². The molecule has 1 aromatic carbocycles. The first-order valence-corrected chi connectivity index (χ1v) is 5.35. The highest BCUT2D eigenvalue weighted by Crippen LogP contribution is 2.29. The van der Waals surface area contributed by atoms with Crippen molar-refractivity contribution >= 4 is 10.9 Å². The van der Waals surface area contributed by atoms with Crippen LogP contribution >= 0.6 is 0 Å². The van der Waals surface area contributed by atoms with Crippen LogP contribution in [0.1, 0.15) is 23.2 Å². The minimum absolute atomic E-state index is 1.20. The van der Waals surface area contributed by atoms with Crippen LogP contribution in [0, 0.1) is 13.8 Å². The topological polar surface area (TPSA) is 4.93 Å². The van der Waals surface area contributed by atoms with Crippen LogP contribution in [0.25, 0.3) is 10.9 Å². The first-order chi connectivity index (χ1) is 6.75. The molecular weight excluding hydrogens is 170 g/mol. The van der Waals surface area contributed by atoms with E-state index in [1.54, 1.807) is 5.56 Å². The van der Waals surface area contributed by atoms with E-state index in [0.717, 1.165) is 0 Å². The Balaban J connectivity index is 2.48. The van der Waals surface area contributed by atoms with Gasteiger partial charge >= 0.3 is 0 Å². The van der Waals surface area contributed by atoms with Gasteiger partial charge in [-0.05, 0) is 44.4 Å². The van der Waals surface area contributed by atoms with E-state index in [4.69, 9.17) is 0 Å². The van der Waals surface area contributed by atoms with Gasteiger partial charge < -0.3 is 4.57 Å². The predicted octanol–water partition coefficient (Wildman–Crippen LogP) is 3.20. The molecule has 1 aliphatic heterocycles. The van der Waals surface area contributed by atoms with Crippen LogP contribution in [-0.4, -0.2) is 4.57 Å². The monoisotopic (exact) mass is 185 g/mol. The molecule has 14 heavy (non-hydrogen) atoms. The Bertz CT molecular complexity index is 505. The molecule has 2 heterocycles. The average Bonchev–Trinajstić information content (AvgIpc) is 2.45. The SMILES string of the molecule is Cc1cc2c3c(c1)cc(C)n3CCC2. The summed E-state index contributed by atoms with van der Waals surface area (Å²) in [7, 11) is 0. The Morgan fingerprint density at radius 3 is 2.86 bits per heavy atom. The number of aromatic nitrogens is 1. The summed E-state index contributed by atoms with van der Waals surface area (Å²) in [6, 6.07) is 6.96. The van der Waals surface area contributed by atoms with Gasteiger partial charge in [0.1, 0.15) is 0 Å². The van der Waals surface area contributed by atoms with Crippen molar-refractivity contribution in [1.29, 1.82) is 0 Å². The Labute approximate surface area is 84.4 Å². The van der Waals surface area contributed by atoms with Crippen LogP contribution < -0.4 is 0 Å². The molecular formula is C13H15N. The lowest BCUT2D eigenvalue weighted by Crippen LogP contribution is -2.08. The van der Waals surface area contributed by atoms with Crippen molar-refractivity contribution < 1.29 is 0 Å². The molecule has 0 bridgehead atoms. The van der Waals surface area contributed by atoms with Crippen molar-refractivity contribution in [2.75, 3.05) is 0 Å². The maximum atomic E-state index is 2.47. The van der Waals surface area contributed by atoms with Crippen LogP contribution in [-0.2, 0) is 13.0 Å². The minimum Gasteiger partial charge on any atom is -0.345 e. The zero-order chi connectivity index (χ0) is 9.71. The van der Waals surface area contributed by atoms with Gasteiger partial charge in [0.25, 0.3) is 0 Å². The average molecular weight is 185 g/mol. The molecule has 0 aliphatic carbocycles. The maximum absolute atomic E-state index is 2.47. The molecule has 0 radical (unpaired) electrons. The second-order valence-corrected chi connectivity index (χ2v) is 4.40. The lowest BCUT2D eigenvalue weighted by Gasteiger charge is -2.17. The molecule has 0 atom stereocenters. The number of hydrogen-bond acceptors (Lipinski definition) is 0. The fraction of sp³-hybridized carbons (Fsp3) is 0.385. The second kappa shape index (κ2) is 2.63. The Morgan fingerprint density at radius 1 is 1.14 bits per heavy atom. The smallest absolute Gasteiger partial charge is 0.0515 e. The molecule has 1 aliphatic rings. The molecule has 1 aromatic heterocycles. The summed E-state index contributed by atoms with van der Waals surface area (Å²) in [6.45, 7) is 5.60. The molecule has 2 aromatic rings. The van der Waals surface area contributed by atoms with E-state index in [9.17, 15) is 0 Å². The van der Waals surface area contributed by atoms with Crippen molar-refractivity contribution in [3.05, 3.63) is 35.0 Å². The van der Waals surface area contributed by atoms with E-state index in [0.29, 0.717) is 0 Å². The van der Waals surface area contributed by atoms with Crippen molar-refractivity contribution in [2.45, 2.75) is 33.2 Å². The fourth-order valence-corrected chi connectivity index (χ4v) is 2.71. The van der Waals surface area contributed by atoms with E-state index in [1.807, 2.05) is 0 Å². The van der Waals surface area contributed by atoms with Gasteiger partial charge in [0.05, 0.1) is 5.52 Å². The largest absolute Gasteiger partial charge is 0.345 e. The van der Waals surface area contributed by atoms with E-state index in [2.05, 4.69) is 36.6 Å². The van der Waals surface area contributed by atoms with Gasteiger partial charge in [-0.25, -0.2) is 0 Å². The Hall–Kier alpha value is -1.24. The zero-order valence-corrected chi connectivity index (χ0v) is 8.80.